The topological polar surface area (TPSA) is 34.2 Å². The van der Waals surface area contributed by atoms with E-state index in [0.29, 0.717) is 0 Å². The molecule has 4 rings (SSSR count). The second-order valence-corrected chi connectivity index (χ2v) is 6.05. The van der Waals surface area contributed by atoms with E-state index in [1.165, 1.54) is 0 Å². The smallest absolute Gasteiger partial charge is 0.128 e. The van der Waals surface area contributed by atoms with Crippen LogP contribution in [0.3, 0.4) is 0 Å². The molecule has 0 aliphatic heterocycles. The van der Waals surface area contributed by atoms with Gasteiger partial charge in [-0.05, 0) is 35.9 Å². The monoisotopic (exact) mass is 337 g/mol. The lowest BCUT2D eigenvalue weighted by molar-refractivity contribution is 0.416. The summed E-state index contributed by atoms with van der Waals surface area (Å²) in [6.45, 7) is 0. The van der Waals surface area contributed by atoms with E-state index < -0.39 is 0 Å². The van der Waals surface area contributed by atoms with Crippen LogP contribution in [-0.4, -0.2) is 19.2 Å². The highest BCUT2D eigenvalue weighted by molar-refractivity contribution is 6.30. The predicted octanol–water partition coefficient (Wildman–Crippen LogP) is 5.66. The van der Waals surface area contributed by atoms with Crippen LogP contribution in [0.5, 0.6) is 11.5 Å². The van der Waals surface area contributed by atoms with Crippen molar-refractivity contribution in [2.24, 2.45) is 0 Å². The number of hydrogen-bond donors (Lipinski definition) is 1. The van der Waals surface area contributed by atoms with Gasteiger partial charge in [-0.15, -0.1) is 0 Å². The minimum Gasteiger partial charge on any atom is -0.496 e. The Morgan fingerprint density at radius 2 is 1.62 bits per heavy atom. The Labute approximate surface area is 144 Å². The molecule has 0 fully saturated rings. The van der Waals surface area contributed by atoms with Gasteiger partial charge in [0, 0.05) is 21.5 Å². The molecule has 1 N–H and O–H groups in total. The summed E-state index contributed by atoms with van der Waals surface area (Å²) < 4.78 is 11.2. The minimum atomic E-state index is 0.726. The number of aromatic amines is 1. The zero-order chi connectivity index (χ0) is 16.7. The lowest BCUT2D eigenvalue weighted by atomic mass is 10.1. The number of aromatic nitrogens is 1. The Kier molecular flexibility index (Phi) is 3.58. The van der Waals surface area contributed by atoms with E-state index in [-0.39, 0.29) is 0 Å². The number of benzene rings is 3. The second-order valence-electron chi connectivity index (χ2n) is 5.62. The SMILES string of the molecule is COc1cc2cc(-c3ccc(Cl)cc3)[nH]c2c2c(OC)cccc12. The van der Waals surface area contributed by atoms with E-state index in [4.69, 9.17) is 21.1 Å². The van der Waals surface area contributed by atoms with Crippen molar-refractivity contribution >= 4 is 33.3 Å². The Bertz CT molecular complexity index is 1030. The summed E-state index contributed by atoms with van der Waals surface area (Å²) in [7, 11) is 3.37. The Hall–Kier alpha value is -2.65. The van der Waals surface area contributed by atoms with Crippen LogP contribution in [0.2, 0.25) is 5.02 Å². The molecule has 4 heteroatoms. The Balaban J connectivity index is 2.05. The zero-order valence-electron chi connectivity index (χ0n) is 13.4. The molecule has 0 bridgehead atoms. The van der Waals surface area contributed by atoms with Gasteiger partial charge < -0.3 is 14.5 Å². The van der Waals surface area contributed by atoms with E-state index in [9.17, 15) is 0 Å². The summed E-state index contributed by atoms with van der Waals surface area (Å²) in [4.78, 5) is 3.52. The fourth-order valence-electron chi connectivity index (χ4n) is 3.13. The maximum absolute atomic E-state index is 5.99. The first-order valence-corrected chi connectivity index (χ1v) is 8.01. The van der Waals surface area contributed by atoms with Gasteiger partial charge in [0.1, 0.15) is 11.5 Å². The summed E-state index contributed by atoms with van der Waals surface area (Å²) in [5.74, 6) is 1.65. The van der Waals surface area contributed by atoms with Crippen molar-refractivity contribution in [3.8, 4) is 22.8 Å². The third-order valence-electron chi connectivity index (χ3n) is 4.27. The van der Waals surface area contributed by atoms with Crippen LogP contribution in [0.25, 0.3) is 32.9 Å². The number of hydrogen-bond acceptors (Lipinski definition) is 2. The highest BCUT2D eigenvalue weighted by atomic mass is 35.5. The largest absolute Gasteiger partial charge is 0.496 e. The summed E-state index contributed by atoms with van der Waals surface area (Å²) in [6, 6.07) is 17.9. The molecule has 0 radical (unpaired) electrons. The average Bonchev–Trinajstić information content (AvgIpc) is 3.04. The quantitative estimate of drug-likeness (QED) is 0.523. The number of H-pyrrole nitrogens is 1. The van der Waals surface area contributed by atoms with E-state index in [1.807, 2.05) is 48.5 Å². The number of nitrogens with one attached hydrogen (secondary N) is 1. The van der Waals surface area contributed by atoms with Gasteiger partial charge in [-0.3, -0.25) is 0 Å². The third-order valence-corrected chi connectivity index (χ3v) is 4.52. The maximum atomic E-state index is 5.99. The first-order chi connectivity index (χ1) is 11.7. The van der Waals surface area contributed by atoms with Crippen molar-refractivity contribution in [1.29, 1.82) is 0 Å². The van der Waals surface area contributed by atoms with E-state index >= 15 is 0 Å². The first kappa shape index (κ1) is 14.9. The third kappa shape index (κ3) is 2.29. The van der Waals surface area contributed by atoms with Crippen molar-refractivity contribution in [3.63, 3.8) is 0 Å². The Morgan fingerprint density at radius 3 is 2.33 bits per heavy atom. The maximum Gasteiger partial charge on any atom is 0.128 e. The normalized spacial score (nSPS) is 11.1. The predicted molar refractivity (Wildman–Crippen MR) is 99.4 cm³/mol. The van der Waals surface area contributed by atoms with Gasteiger partial charge >= 0.3 is 0 Å². The van der Waals surface area contributed by atoms with Gasteiger partial charge in [-0.25, -0.2) is 0 Å². The van der Waals surface area contributed by atoms with Gasteiger partial charge in [0.25, 0.3) is 0 Å². The molecule has 0 aliphatic rings. The standard InChI is InChI=1S/C20H16ClNO2/c1-23-17-5-3-4-15-18(24-2)11-13-10-16(22-20(13)19(15)17)12-6-8-14(21)9-7-12/h3-11,22H,1-2H3. The van der Waals surface area contributed by atoms with Crippen LogP contribution >= 0.6 is 11.6 Å². The van der Waals surface area contributed by atoms with Gasteiger partial charge in [-0.1, -0.05) is 35.9 Å². The zero-order valence-corrected chi connectivity index (χ0v) is 14.1. The van der Waals surface area contributed by atoms with Crippen molar-refractivity contribution in [3.05, 3.63) is 59.6 Å². The number of rotatable bonds is 3. The number of ether oxygens (including phenoxy) is 2. The average molecular weight is 338 g/mol. The number of fused-ring (bicyclic) bond motifs is 3. The molecule has 0 aliphatic carbocycles. The van der Waals surface area contributed by atoms with Crippen LogP contribution < -0.4 is 9.47 Å². The second kappa shape index (κ2) is 5.77. The lowest BCUT2D eigenvalue weighted by Gasteiger charge is -2.10. The van der Waals surface area contributed by atoms with Crippen LogP contribution in [0.15, 0.2) is 54.6 Å². The molecule has 0 saturated carbocycles. The van der Waals surface area contributed by atoms with Crippen LogP contribution in [0.4, 0.5) is 0 Å². The summed E-state index contributed by atoms with van der Waals surface area (Å²) >= 11 is 5.99. The summed E-state index contributed by atoms with van der Waals surface area (Å²) in [5.41, 5.74) is 3.15. The number of methoxy groups -OCH3 is 2. The first-order valence-electron chi connectivity index (χ1n) is 7.63. The van der Waals surface area contributed by atoms with Gasteiger partial charge in [0.2, 0.25) is 0 Å². The molecule has 4 aromatic rings. The van der Waals surface area contributed by atoms with Crippen LogP contribution in [0, 0.1) is 0 Å². The summed E-state index contributed by atoms with van der Waals surface area (Å²) in [6.07, 6.45) is 0. The molecule has 0 unspecified atom stereocenters. The molecular formula is C20H16ClNO2. The van der Waals surface area contributed by atoms with Crippen LogP contribution in [0.1, 0.15) is 0 Å². The molecule has 24 heavy (non-hydrogen) atoms. The minimum absolute atomic E-state index is 0.726. The van der Waals surface area contributed by atoms with Crippen molar-refractivity contribution in [2.45, 2.75) is 0 Å². The van der Waals surface area contributed by atoms with Crippen molar-refractivity contribution in [1.82, 2.24) is 4.98 Å². The van der Waals surface area contributed by atoms with Gasteiger partial charge in [0.05, 0.1) is 25.1 Å². The van der Waals surface area contributed by atoms with Crippen molar-refractivity contribution < 1.29 is 9.47 Å². The highest BCUT2D eigenvalue weighted by Gasteiger charge is 2.14. The molecule has 3 aromatic carbocycles. The molecule has 120 valence electrons. The van der Waals surface area contributed by atoms with E-state index in [1.54, 1.807) is 14.2 Å². The molecule has 1 aromatic heterocycles. The van der Waals surface area contributed by atoms with Crippen LogP contribution in [-0.2, 0) is 0 Å². The molecule has 0 amide bonds. The molecule has 3 nitrogen and oxygen atoms in total. The van der Waals surface area contributed by atoms with Crippen molar-refractivity contribution in [2.75, 3.05) is 14.2 Å². The lowest BCUT2D eigenvalue weighted by Crippen LogP contribution is -1.89. The number of halogens is 1. The van der Waals surface area contributed by atoms with Gasteiger partial charge in [-0.2, -0.15) is 0 Å². The molecular weight excluding hydrogens is 322 g/mol. The van der Waals surface area contributed by atoms with E-state index in [2.05, 4.69) is 11.1 Å². The fourth-order valence-corrected chi connectivity index (χ4v) is 3.25. The molecule has 0 spiro atoms. The molecule has 1 heterocycles. The fraction of sp³-hybridized carbons (Fsp3) is 0.100. The van der Waals surface area contributed by atoms with Gasteiger partial charge in [0.15, 0.2) is 0 Å². The Morgan fingerprint density at radius 1 is 0.875 bits per heavy atom. The molecule has 0 atom stereocenters. The summed E-state index contributed by atoms with van der Waals surface area (Å²) in [5, 5.41) is 3.85. The molecule has 0 saturated heterocycles. The van der Waals surface area contributed by atoms with E-state index in [0.717, 1.165) is 49.5 Å². The highest BCUT2D eigenvalue weighted by Crippen LogP contribution is 2.39.